The number of rotatable bonds is 4. The number of nitrogens with zero attached hydrogens (tertiary/aromatic N) is 1. The predicted molar refractivity (Wildman–Crippen MR) is 56.5 cm³/mol. The lowest BCUT2D eigenvalue weighted by Gasteiger charge is -2.33. The molecule has 1 aliphatic heterocycles. The van der Waals surface area contributed by atoms with E-state index in [9.17, 15) is 9.59 Å². The molecule has 0 aromatic carbocycles. The lowest BCUT2D eigenvalue weighted by Crippen LogP contribution is -2.47. The lowest BCUT2D eigenvalue weighted by atomic mass is 10.0. The van der Waals surface area contributed by atoms with Crippen molar-refractivity contribution >= 4 is 11.9 Å². The highest BCUT2D eigenvalue weighted by molar-refractivity contribution is 5.83. The number of carboxylic acid groups (broad SMARTS) is 1. The number of piperidine rings is 1. The zero-order valence-electron chi connectivity index (χ0n) is 9.24. The molecule has 1 atom stereocenters. The summed E-state index contributed by atoms with van der Waals surface area (Å²) >= 11 is 0. The first-order chi connectivity index (χ1) is 7.16. The standard InChI is InChI=1S/C11H19NO3/c1-2-3-7-10(13)12-8-5-4-6-9(12)11(14)15/h9H,2-8H2,1H3,(H,14,15)/t9-/m1/s1. The first-order valence-electron chi connectivity index (χ1n) is 5.69. The summed E-state index contributed by atoms with van der Waals surface area (Å²) in [6.07, 6.45) is 4.75. The Bertz CT molecular complexity index is 240. The summed E-state index contributed by atoms with van der Waals surface area (Å²) in [5, 5.41) is 8.99. The lowest BCUT2D eigenvalue weighted by molar-refractivity contribution is -0.152. The minimum atomic E-state index is -0.862. The van der Waals surface area contributed by atoms with Gasteiger partial charge in [-0.3, -0.25) is 4.79 Å². The van der Waals surface area contributed by atoms with Crippen LogP contribution in [0.25, 0.3) is 0 Å². The fourth-order valence-corrected chi connectivity index (χ4v) is 1.96. The number of amides is 1. The molecule has 0 unspecified atom stereocenters. The van der Waals surface area contributed by atoms with E-state index in [1.807, 2.05) is 6.92 Å². The Morgan fingerprint density at radius 1 is 1.40 bits per heavy atom. The summed E-state index contributed by atoms with van der Waals surface area (Å²) < 4.78 is 0. The molecule has 0 spiro atoms. The van der Waals surface area contributed by atoms with Gasteiger partial charge < -0.3 is 10.0 Å². The van der Waals surface area contributed by atoms with Crippen LogP contribution in [-0.4, -0.2) is 34.5 Å². The molecule has 0 bridgehead atoms. The van der Waals surface area contributed by atoms with Crippen LogP contribution in [0.2, 0.25) is 0 Å². The highest BCUT2D eigenvalue weighted by atomic mass is 16.4. The number of aliphatic carboxylic acids is 1. The fourth-order valence-electron chi connectivity index (χ4n) is 1.96. The average Bonchev–Trinajstić information content (AvgIpc) is 2.25. The van der Waals surface area contributed by atoms with Crippen LogP contribution in [0.1, 0.15) is 45.4 Å². The van der Waals surface area contributed by atoms with Gasteiger partial charge in [0, 0.05) is 13.0 Å². The minimum absolute atomic E-state index is 0.00366. The monoisotopic (exact) mass is 213 g/mol. The third-order valence-electron chi connectivity index (χ3n) is 2.85. The molecule has 1 heterocycles. The maximum absolute atomic E-state index is 11.7. The summed E-state index contributed by atoms with van der Waals surface area (Å²) in [6.45, 7) is 2.64. The molecule has 0 radical (unpaired) electrons. The summed E-state index contributed by atoms with van der Waals surface area (Å²) in [5.41, 5.74) is 0. The fraction of sp³-hybridized carbons (Fsp3) is 0.818. The van der Waals surface area contributed by atoms with Gasteiger partial charge in [0.05, 0.1) is 0 Å². The number of carboxylic acids is 1. The van der Waals surface area contributed by atoms with Crippen molar-refractivity contribution in [2.24, 2.45) is 0 Å². The molecule has 1 saturated heterocycles. The zero-order chi connectivity index (χ0) is 11.3. The van der Waals surface area contributed by atoms with Crippen molar-refractivity contribution < 1.29 is 14.7 Å². The summed E-state index contributed by atoms with van der Waals surface area (Å²) in [7, 11) is 0. The molecule has 1 fully saturated rings. The molecule has 4 nitrogen and oxygen atoms in total. The molecule has 1 N–H and O–H groups in total. The van der Waals surface area contributed by atoms with Gasteiger partial charge in [-0.1, -0.05) is 13.3 Å². The van der Waals surface area contributed by atoms with E-state index in [0.29, 0.717) is 19.4 Å². The number of carbonyl (C=O) groups excluding carboxylic acids is 1. The second-order valence-electron chi connectivity index (χ2n) is 4.04. The van der Waals surface area contributed by atoms with E-state index in [1.165, 1.54) is 0 Å². The highest BCUT2D eigenvalue weighted by Gasteiger charge is 2.31. The van der Waals surface area contributed by atoms with Crippen molar-refractivity contribution in [2.75, 3.05) is 6.54 Å². The number of likely N-dealkylation sites (tertiary alicyclic amines) is 1. The van der Waals surface area contributed by atoms with Gasteiger partial charge in [-0.05, 0) is 25.7 Å². The second kappa shape index (κ2) is 5.73. The van der Waals surface area contributed by atoms with Gasteiger partial charge in [-0.2, -0.15) is 0 Å². The van der Waals surface area contributed by atoms with Crippen LogP contribution in [0.4, 0.5) is 0 Å². The summed E-state index contributed by atoms with van der Waals surface area (Å²) in [5.74, 6) is -0.858. The molecule has 86 valence electrons. The predicted octanol–water partition coefficient (Wildman–Crippen LogP) is 1.64. The third kappa shape index (κ3) is 3.22. The molecule has 0 saturated carbocycles. The largest absolute Gasteiger partial charge is 0.480 e. The molecule has 1 aliphatic rings. The van der Waals surface area contributed by atoms with Crippen LogP contribution in [0, 0.1) is 0 Å². The summed E-state index contributed by atoms with van der Waals surface area (Å²) in [4.78, 5) is 24.2. The number of hydrogen-bond donors (Lipinski definition) is 1. The molecule has 1 amide bonds. The quantitative estimate of drug-likeness (QED) is 0.772. The molecular weight excluding hydrogens is 194 g/mol. The van der Waals surface area contributed by atoms with E-state index in [0.717, 1.165) is 25.7 Å². The third-order valence-corrected chi connectivity index (χ3v) is 2.85. The van der Waals surface area contributed by atoms with Crippen molar-refractivity contribution in [2.45, 2.75) is 51.5 Å². The van der Waals surface area contributed by atoms with E-state index in [2.05, 4.69) is 0 Å². The molecule has 1 rings (SSSR count). The van der Waals surface area contributed by atoms with Crippen LogP contribution >= 0.6 is 0 Å². The first-order valence-corrected chi connectivity index (χ1v) is 5.69. The van der Waals surface area contributed by atoms with Gasteiger partial charge in [0.1, 0.15) is 6.04 Å². The maximum atomic E-state index is 11.7. The van der Waals surface area contributed by atoms with Crippen molar-refractivity contribution in [3.63, 3.8) is 0 Å². The van der Waals surface area contributed by atoms with Crippen LogP contribution < -0.4 is 0 Å². The van der Waals surface area contributed by atoms with Crippen LogP contribution in [-0.2, 0) is 9.59 Å². The van der Waals surface area contributed by atoms with Crippen LogP contribution in [0.5, 0.6) is 0 Å². The second-order valence-corrected chi connectivity index (χ2v) is 4.04. The normalized spacial score (nSPS) is 21.4. The molecule has 0 aromatic heterocycles. The SMILES string of the molecule is CCCCC(=O)N1CCCC[C@@H]1C(=O)O. The Labute approximate surface area is 90.3 Å². The van der Waals surface area contributed by atoms with Gasteiger partial charge in [-0.15, -0.1) is 0 Å². The number of unbranched alkanes of at least 4 members (excludes halogenated alkanes) is 1. The molecule has 15 heavy (non-hydrogen) atoms. The topological polar surface area (TPSA) is 57.6 Å². The zero-order valence-corrected chi connectivity index (χ0v) is 9.24. The van der Waals surface area contributed by atoms with E-state index in [4.69, 9.17) is 5.11 Å². The van der Waals surface area contributed by atoms with Gasteiger partial charge in [0.2, 0.25) is 5.91 Å². The van der Waals surface area contributed by atoms with Crippen LogP contribution in [0.15, 0.2) is 0 Å². The average molecular weight is 213 g/mol. The molecule has 0 aliphatic carbocycles. The Morgan fingerprint density at radius 3 is 2.73 bits per heavy atom. The smallest absolute Gasteiger partial charge is 0.326 e. The first kappa shape index (κ1) is 12.0. The van der Waals surface area contributed by atoms with E-state index in [1.54, 1.807) is 4.90 Å². The van der Waals surface area contributed by atoms with Crippen molar-refractivity contribution in [1.29, 1.82) is 0 Å². The van der Waals surface area contributed by atoms with Gasteiger partial charge >= 0.3 is 5.97 Å². The molecule has 0 aromatic rings. The van der Waals surface area contributed by atoms with E-state index >= 15 is 0 Å². The highest BCUT2D eigenvalue weighted by Crippen LogP contribution is 2.18. The van der Waals surface area contributed by atoms with Crippen molar-refractivity contribution in [3.8, 4) is 0 Å². The van der Waals surface area contributed by atoms with Gasteiger partial charge in [0.15, 0.2) is 0 Å². The van der Waals surface area contributed by atoms with Gasteiger partial charge in [0.25, 0.3) is 0 Å². The maximum Gasteiger partial charge on any atom is 0.326 e. The summed E-state index contributed by atoms with van der Waals surface area (Å²) in [6, 6.07) is -0.580. The molecule has 4 heteroatoms. The van der Waals surface area contributed by atoms with Crippen molar-refractivity contribution in [1.82, 2.24) is 4.90 Å². The Balaban J connectivity index is 2.55. The minimum Gasteiger partial charge on any atom is -0.480 e. The van der Waals surface area contributed by atoms with Crippen molar-refractivity contribution in [3.05, 3.63) is 0 Å². The Morgan fingerprint density at radius 2 is 2.13 bits per heavy atom. The van der Waals surface area contributed by atoms with E-state index < -0.39 is 12.0 Å². The molecular formula is C11H19NO3. The Hall–Kier alpha value is -1.06. The van der Waals surface area contributed by atoms with Crippen LogP contribution in [0.3, 0.4) is 0 Å². The van der Waals surface area contributed by atoms with Gasteiger partial charge in [-0.25, -0.2) is 4.79 Å². The van der Waals surface area contributed by atoms with E-state index in [-0.39, 0.29) is 5.91 Å². The number of carbonyl (C=O) groups is 2. The number of hydrogen-bond acceptors (Lipinski definition) is 2. The Kier molecular flexibility index (Phi) is 4.59.